The molecule has 0 radical (unpaired) electrons. The summed E-state index contributed by atoms with van der Waals surface area (Å²) in [5, 5.41) is 0.710. The Labute approximate surface area is 88.9 Å². The van der Waals surface area contributed by atoms with E-state index in [1.54, 1.807) is 12.4 Å². The van der Waals surface area contributed by atoms with E-state index < -0.39 is 0 Å². The topological polar surface area (TPSA) is 42.1 Å². The van der Waals surface area contributed by atoms with Gasteiger partial charge in [0.15, 0.2) is 0 Å². The Bertz CT molecular complexity index is 316. The van der Waals surface area contributed by atoms with Crippen LogP contribution in [0.4, 0.5) is 5.69 Å². The molecule has 0 spiro atoms. The third kappa shape index (κ3) is 1.99. The molecular formula is C10H14ClN3. The molecule has 1 saturated heterocycles. The molecule has 4 heteroatoms. The summed E-state index contributed by atoms with van der Waals surface area (Å²) in [7, 11) is 0. The van der Waals surface area contributed by atoms with E-state index in [1.807, 2.05) is 6.07 Å². The van der Waals surface area contributed by atoms with Gasteiger partial charge in [-0.05, 0) is 18.9 Å². The Balaban J connectivity index is 2.18. The maximum atomic E-state index is 6.06. The highest BCUT2D eigenvalue weighted by Gasteiger charge is 2.18. The second-order valence-corrected chi connectivity index (χ2v) is 4.08. The first-order valence-electron chi connectivity index (χ1n) is 4.87. The van der Waals surface area contributed by atoms with Crippen molar-refractivity contribution >= 4 is 17.3 Å². The zero-order chi connectivity index (χ0) is 9.97. The van der Waals surface area contributed by atoms with E-state index in [4.69, 9.17) is 17.3 Å². The molecular weight excluding hydrogens is 198 g/mol. The molecule has 14 heavy (non-hydrogen) atoms. The van der Waals surface area contributed by atoms with Gasteiger partial charge in [-0.1, -0.05) is 11.6 Å². The van der Waals surface area contributed by atoms with Gasteiger partial charge in [0.1, 0.15) is 0 Å². The number of aromatic nitrogens is 1. The van der Waals surface area contributed by atoms with E-state index in [1.165, 1.54) is 0 Å². The molecule has 1 unspecified atom stereocenters. The van der Waals surface area contributed by atoms with Crippen LogP contribution in [0.15, 0.2) is 18.5 Å². The van der Waals surface area contributed by atoms with Crippen LogP contribution in [-0.2, 0) is 0 Å². The molecule has 0 amide bonds. The predicted octanol–water partition coefficient (Wildman–Crippen LogP) is 1.66. The van der Waals surface area contributed by atoms with E-state index in [9.17, 15) is 0 Å². The SMILES string of the molecule is NC1CCCN(c2ccncc2Cl)C1. The van der Waals surface area contributed by atoms with Gasteiger partial charge in [-0.3, -0.25) is 4.98 Å². The molecule has 1 fully saturated rings. The monoisotopic (exact) mass is 211 g/mol. The van der Waals surface area contributed by atoms with Crippen LogP contribution in [0.2, 0.25) is 5.02 Å². The third-order valence-electron chi connectivity index (χ3n) is 2.55. The Morgan fingerprint density at radius 2 is 2.43 bits per heavy atom. The first kappa shape index (κ1) is 9.74. The van der Waals surface area contributed by atoms with Gasteiger partial charge in [0.2, 0.25) is 0 Å². The molecule has 0 aromatic carbocycles. The van der Waals surface area contributed by atoms with Crippen molar-refractivity contribution in [1.82, 2.24) is 4.98 Å². The van der Waals surface area contributed by atoms with Crippen LogP contribution in [0, 0.1) is 0 Å². The van der Waals surface area contributed by atoms with Gasteiger partial charge >= 0.3 is 0 Å². The zero-order valence-electron chi connectivity index (χ0n) is 7.99. The summed E-state index contributed by atoms with van der Waals surface area (Å²) in [6, 6.07) is 2.22. The normalized spacial score (nSPS) is 22.4. The average Bonchev–Trinajstić information content (AvgIpc) is 2.18. The summed E-state index contributed by atoms with van der Waals surface area (Å²) in [6.45, 7) is 1.93. The Kier molecular flexibility index (Phi) is 2.89. The second-order valence-electron chi connectivity index (χ2n) is 3.68. The van der Waals surface area contributed by atoms with Gasteiger partial charge in [-0.2, -0.15) is 0 Å². The fourth-order valence-corrected chi connectivity index (χ4v) is 2.09. The van der Waals surface area contributed by atoms with Crippen LogP contribution >= 0.6 is 11.6 Å². The summed E-state index contributed by atoms with van der Waals surface area (Å²) in [6.07, 6.45) is 5.69. The number of anilines is 1. The van der Waals surface area contributed by atoms with Crippen LogP contribution in [-0.4, -0.2) is 24.1 Å². The molecule has 1 aromatic heterocycles. The first-order chi connectivity index (χ1) is 6.77. The van der Waals surface area contributed by atoms with Crippen molar-refractivity contribution in [2.45, 2.75) is 18.9 Å². The number of pyridine rings is 1. The lowest BCUT2D eigenvalue weighted by Crippen LogP contribution is -2.42. The summed E-state index contributed by atoms with van der Waals surface area (Å²) in [5.41, 5.74) is 6.96. The number of nitrogens with two attached hydrogens (primary N) is 1. The lowest BCUT2D eigenvalue weighted by atomic mass is 10.1. The van der Waals surface area contributed by atoms with Gasteiger partial charge in [-0.25, -0.2) is 0 Å². The van der Waals surface area contributed by atoms with Crippen molar-refractivity contribution in [3.8, 4) is 0 Å². The van der Waals surface area contributed by atoms with Crippen LogP contribution in [0.1, 0.15) is 12.8 Å². The molecule has 2 heterocycles. The van der Waals surface area contributed by atoms with Gasteiger partial charge in [0.05, 0.1) is 10.7 Å². The Morgan fingerprint density at radius 3 is 3.14 bits per heavy atom. The maximum Gasteiger partial charge on any atom is 0.0822 e. The van der Waals surface area contributed by atoms with Crippen molar-refractivity contribution < 1.29 is 0 Å². The van der Waals surface area contributed by atoms with Crippen LogP contribution in [0.25, 0.3) is 0 Å². The largest absolute Gasteiger partial charge is 0.369 e. The van der Waals surface area contributed by atoms with E-state index in [0.29, 0.717) is 5.02 Å². The highest BCUT2D eigenvalue weighted by Crippen LogP contribution is 2.26. The third-order valence-corrected chi connectivity index (χ3v) is 2.84. The predicted molar refractivity (Wildman–Crippen MR) is 58.7 cm³/mol. The van der Waals surface area contributed by atoms with Crippen molar-refractivity contribution in [2.75, 3.05) is 18.0 Å². The minimum Gasteiger partial charge on any atom is -0.369 e. The van der Waals surface area contributed by atoms with Crippen molar-refractivity contribution in [2.24, 2.45) is 5.73 Å². The number of rotatable bonds is 1. The summed E-state index contributed by atoms with van der Waals surface area (Å²) < 4.78 is 0. The highest BCUT2D eigenvalue weighted by atomic mass is 35.5. The van der Waals surface area contributed by atoms with Crippen molar-refractivity contribution in [1.29, 1.82) is 0 Å². The van der Waals surface area contributed by atoms with E-state index >= 15 is 0 Å². The Hall–Kier alpha value is -0.800. The molecule has 3 nitrogen and oxygen atoms in total. The molecule has 1 atom stereocenters. The molecule has 1 aromatic rings. The molecule has 2 N–H and O–H groups in total. The molecule has 76 valence electrons. The van der Waals surface area contributed by atoms with Crippen molar-refractivity contribution in [3.63, 3.8) is 0 Å². The fourth-order valence-electron chi connectivity index (χ4n) is 1.85. The lowest BCUT2D eigenvalue weighted by molar-refractivity contribution is 0.506. The number of hydrogen-bond donors (Lipinski definition) is 1. The molecule has 1 aliphatic heterocycles. The van der Waals surface area contributed by atoms with Gasteiger partial charge in [0.25, 0.3) is 0 Å². The quantitative estimate of drug-likeness (QED) is 0.769. The summed E-state index contributed by atoms with van der Waals surface area (Å²) in [4.78, 5) is 6.20. The van der Waals surface area contributed by atoms with Gasteiger partial charge in [-0.15, -0.1) is 0 Å². The molecule has 0 bridgehead atoms. The number of piperidine rings is 1. The summed E-state index contributed by atoms with van der Waals surface area (Å²) in [5.74, 6) is 0. The lowest BCUT2D eigenvalue weighted by Gasteiger charge is -2.32. The number of nitrogens with zero attached hydrogens (tertiary/aromatic N) is 2. The number of halogens is 1. The molecule has 1 aliphatic rings. The van der Waals surface area contributed by atoms with E-state index in [-0.39, 0.29) is 6.04 Å². The number of hydrogen-bond acceptors (Lipinski definition) is 3. The maximum absolute atomic E-state index is 6.06. The van der Waals surface area contributed by atoms with Crippen molar-refractivity contribution in [3.05, 3.63) is 23.5 Å². The smallest absolute Gasteiger partial charge is 0.0822 e. The van der Waals surface area contributed by atoms with E-state index in [2.05, 4.69) is 9.88 Å². The van der Waals surface area contributed by atoms with Crippen LogP contribution in [0.5, 0.6) is 0 Å². The Morgan fingerprint density at radius 1 is 1.57 bits per heavy atom. The summed E-state index contributed by atoms with van der Waals surface area (Å²) >= 11 is 6.06. The minimum absolute atomic E-state index is 0.271. The van der Waals surface area contributed by atoms with Crippen LogP contribution < -0.4 is 10.6 Å². The van der Waals surface area contributed by atoms with Gasteiger partial charge in [0, 0.05) is 31.5 Å². The van der Waals surface area contributed by atoms with Crippen LogP contribution in [0.3, 0.4) is 0 Å². The minimum atomic E-state index is 0.271. The zero-order valence-corrected chi connectivity index (χ0v) is 8.74. The molecule has 0 saturated carbocycles. The highest BCUT2D eigenvalue weighted by molar-refractivity contribution is 6.33. The van der Waals surface area contributed by atoms with Gasteiger partial charge < -0.3 is 10.6 Å². The first-order valence-corrected chi connectivity index (χ1v) is 5.25. The fraction of sp³-hybridized carbons (Fsp3) is 0.500. The molecule has 0 aliphatic carbocycles. The molecule has 2 rings (SSSR count). The van der Waals surface area contributed by atoms with E-state index in [0.717, 1.165) is 31.6 Å². The second kappa shape index (κ2) is 4.15. The standard InChI is InChI=1S/C10H14ClN3/c11-9-6-13-4-3-10(9)14-5-1-2-8(12)7-14/h3-4,6,8H,1-2,5,7,12H2. The average molecular weight is 212 g/mol.